The number of hydrogen-bond donors (Lipinski definition) is 2. The van der Waals surface area contributed by atoms with Gasteiger partial charge in [0.05, 0.1) is 11.4 Å². The second-order valence-corrected chi connectivity index (χ2v) is 7.52. The number of nitrogens with one attached hydrogen (secondary N) is 2. The van der Waals surface area contributed by atoms with E-state index in [0.717, 1.165) is 34.0 Å². The zero-order valence-corrected chi connectivity index (χ0v) is 16.2. The van der Waals surface area contributed by atoms with E-state index in [2.05, 4.69) is 59.2 Å². The van der Waals surface area contributed by atoms with Gasteiger partial charge in [0.15, 0.2) is 0 Å². The molecule has 0 amide bonds. The van der Waals surface area contributed by atoms with Crippen LogP contribution >= 0.6 is 0 Å². The first kappa shape index (κ1) is 17.0. The molecule has 4 aromatic carbocycles. The van der Waals surface area contributed by atoms with Gasteiger partial charge in [0.25, 0.3) is 0 Å². The maximum Gasteiger partial charge on any atom is 0.226 e. The van der Waals surface area contributed by atoms with Crippen LogP contribution in [0.2, 0.25) is 0 Å². The largest absolute Gasteiger partial charge is 0.462 e. The Morgan fingerprint density at radius 3 is 1.33 bits per heavy atom. The first-order valence-electron chi connectivity index (χ1n) is 10.1. The van der Waals surface area contributed by atoms with Crippen molar-refractivity contribution in [3.05, 3.63) is 97.1 Å². The molecule has 2 heterocycles. The Hall–Kier alpha value is -3.92. The zero-order valence-electron chi connectivity index (χ0n) is 16.2. The average Bonchev–Trinajstić information content (AvgIpc) is 3.43. The van der Waals surface area contributed by atoms with Crippen molar-refractivity contribution in [2.24, 2.45) is 0 Å². The molecule has 0 spiro atoms. The Bertz CT molecular complexity index is 1110. The predicted molar refractivity (Wildman–Crippen MR) is 120 cm³/mol. The normalized spacial score (nSPS) is 18.4. The summed E-state index contributed by atoms with van der Waals surface area (Å²) in [4.78, 5) is 0. The van der Waals surface area contributed by atoms with Crippen molar-refractivity contribution in [1.29, 1.82) is 0 Å². The quantitative estimate of drug-likeness (QED) is 0.450. The summed E-state index contributed by atoms with van der Waals surface area (Å²) in [6, 6.07) is 33.1. The Morgan fingerprint density at radius 2 is 0.900 bits per heavy atom. The minimum absolute atomic E-state index is 0.307. The summed E-state index contributed by atoms with van der Waals surface area (Å²) in [5.41, 5.74) is 6.63. The fourth-order valence-corrected chi connectivity index (χ4v) is 4.03. The molecule has 0 saturated heterocycles. The van der Waals surface area contributed by atoms with E-state index in [-0.39, 0.29) is 12.5 Å². The second-order valence-electron chi connectivity index (χ2n) is 7.52. The SMILES string of the molecule is c1ccc(-c2ccc3c(c2)N[C@H]([C@H]2Nc4cc(-c5ccccc5)ccc4O2)O3)cc1. The number of fused-ring (bicyclic) bond motifs is 2. The van der Waals surface area contributed by atoms with Crippen LogP contribution in [-0.2, 0) is 0 Å². The van der Waals surface area contributed by atoms with Gasteiger partial charge in [-0.25, -0.2) is 0 Å². The molecule has 2 atom stereocenters. The molecule has 0 fully saturated rings. The molecule has 2 N–H and O–H groups in total. The van der Waals surface area contributed by atoms with Crippen LogP contribution < -0.4 is 20.1 Å². The first-order chi connectivity index (χ1) is 14.8. The van der Waals surface area contributed by atoms with Crippen LogP contribution in [0.4, 0.5) is 11.4 Å². The Balaban J connectivity index is 1.21. The third-order valence-electron chi connectivity index (χ3n) is 5.55. The van der Waals surface area contributed by atoms with Crippen LogP contribution in [0.25, 0.3) is 22.3 Å². The molecule has 0 bridgehead atoms. The third-order valence-corrected chi connectivity index (χ3v) is 5.55. The average molecular weight is 392 g/mol. The van der Waals surface area contributed by atoms with Crippen molar-refractivity contribution in [3.8, 4) is 33.8 Å². The molecule has 2 aliphatic rings. The summed E-state index contributed by atoms with van der Waals surface area (Å²) in [5, 5.41) is 6.92. The van der Waals surface area contributed by atoms with E-state index < -0.39 is 0 Å². The molecule has 0 aliphatic carbocycles. The second kappa shape index (κ2) is 6.85. The van der Waals surface area contributed by atoms with Crippen LogP contribution in [0, 0.1) is 0 Å². The van der Waals surface area contributed by atoms with Gasteiger partial charge in [0, 0.05) is 0 Å². The number of ether oxygens (including phenoxy) is 2. The standard InChI is InChI=1S/C26H20N2O2/c1-3-7-17(8-4-1)19-11-13-23-21(15-19)27-25(29-23)26-28-22-16-20(12-14-24(22)30-26)18-9-5-2-6-10-18/h1-16,25-28H/t25-,26-/m0/s1. The van der Waals surface area contributed by atoms with Gasteiger partial charge in [-0.1, -0.05) is 72.8 Å². The predicted octanol–water partition coefficient (Wildman–Crippen LogP) is 5.98. The highest BCUT2D eigenvalue weighted by Crippen LogP contribution is 2.41. The Labute approximate surface area is 175 Å². The van der Waals surface area contributed by atoms with Crippen LogP contribution in [0.5, 0.6) is 11.5 Å². The number of hydrogen-bond acceptors (Lipinski definition) is 4. The molecule has 0 saturated carbocycles. The summed E-state index contributed by atoms with van der Waals surface area (Å²) >= 11 is 0. The Morgan fingerprint density at radius 1 is 0.467 bits per heavy atom. The van der Waals surface area contributed by atoms with Crippen molar-refractivity contribution < 1.29 is 9.47 Å². The van der Waals surface area contributed by atoms with E-state index >= 15 is 0 Å². The van der Waals surface area contributed by atoms with Gasteiger partial charge in [-0.2, -0.15) is 0 Å². The number of rotatable bonds is 3. The maximum atomic E-state index is 6.13. The van der Waals surface area contributed by atoms with Gasteiger partial charge < -0.3 is 20.1 Å². The fourth-order valence-electron chi connectivity index (χ4n) is 4.03. The van der Waals surface area contributed by atoms with E-state index in [9.17, 15) is 0 Å². The van der Waals surface area contributed by atoms with Crippen LogP contribution in [0.3, 0.4) is 0 Å². The molecule has 4 aromatic rings. The third kappa shape index (κ3) is 2.94. The number of anilines is 2. The maximum absolute atomic E-state index is 6.13. The van der Waals surface area contributed by atoms with E-state index in [4.69, 9.17) is 9.47 Å². The molecule has 6 rings (SSSR count). The van der Waals surface area contributed by atoms with Crippen molar-refractivity contribution in [2.75, 3.05) is 10.6 Å². The topological polar surface area (TPSA) is 42.5 Å². The van der Waals surface area contributed by atoms with Gasteiger partial charge in [-0.05, 0) is 46.5 Å². The van der Waals surface area contributed by atoms with E-state index in [0.29, 0.717) is 0 Å². The minimum Gasteiger partial charge on any atom is -0.462 e. The molecule has 30 heavy (non-hydrogen) atoms. The minimum atomic E-state index is -0.307. The lowest BCUT2D eigenvalue weighted by atomic mass is 10.1. The first-order valence-corrected chi connectivity index (χ1v) is 10.1. The monoisotopic (exact) mass is 392 g/mol. The van der Waals surface area contributed by atoms with E-state index in [1.165, 1.54) is 11.1 Å². The van der Waals surface area contributed by atoms with Gasteiger partial charge in [0.2, 0.25) is 12.5 Å². The number of benzene rings is 4. The van der Waals surface area contributed by atoms with Crippen molar-refractivity contribution in [2.45, 2.75) is 12.5 Å². The smallest absolute Gasteiger partial charge is 0.226 e. The fraction of sp³-hybridized carbons (Fsp3) is 0.0769. The summed E-state index contributed by atoms with van der Waals surface area (Å²) in [5.74, 6) is 1.68. The van der Waals surface area contributed by atoms with Gasteiger partial charge >= 0.3 is 0 Å². The highest BCUT2D eigenvalue weighted by atomic mass is 16.6. The van der Waals surface area contributed by atoms with Gasteiger partial charge in [-0.15, -0.1) is 0 Å². The molecule has 2 aliphatic heterocycles. The lowest BCUT2D eigenvalue weighted by Crippen LogP contribution is -2.41. The van der Waals surface area contributed by atoms with E-state index in [1.807, 2.05) is 48.5 Å². The summed E-state index contributed by atoms with van der Waals surface area (Å²) in [6.07, 6.45) is -0.614. The van der Waals surface area contributed by atoms with Crippen molar-refractivity contribution >= 4 is 11.4 Å². The highest BCUT2D eigenvalue weighted by Gasteiger charge is 2.36. The molecular formula is C26H20N2O2. The zero-order chi connectivity index (χ0) is 19.9. The molecule has 146 valence electrons. The molecule has 4 nitrogen and oxygen atoms in total. The molecule has 4 heteroatoms. The summed E-state index contributed by atoms with van der Waals surface area (Å²) in [6.45, 7) is 0. The van der Waals surface area contributed by atoms with Crippen LogP contribution in [-0.4, -0.2) is 12.5 Å². The van der Waals surface area contributed by atoms with Crippen molar-refractivity contribution in [1.82, 2.24) is 0 Å². The van der Waals surface area contributed by atoms with Gasteiger partial charge in [0.1, 0.15) is 11.5 Å². The lowest BCUT2D eigenvalue weighted by molar-refractivity contribution is 0.113. The summed E-state index contributed by atoms with van der Waals surface area (Å²) < 4.78 is 12.3. The van der Waals surface area contributed by atoms with E-state index in [1.54, 1.807) is 0 Å². The van der Waals surface area contributed by atoms with Crippen LogP contribution in [0.15, 0.2) is 97.1 Å². The molecule has 0 aromatic heterocycles. The highest BCUT2D eigenvalue weighted by molar-refractivity contribution is 5.75. The summed E-state index contributed by atoms with van der Waals surface area (Å²) in [7, 11) is 0. The Kier molecular flexibility index (Phi) is 3.88. The molecular weight excluding hydrogens is 372 g/mol. The van der Waals surface area contributed by atoms with Gasteiger partial charge in [-0.3, -0.25) is 0 Å². The molecule has 0 unspecified atom stereocenters. The van der Waals surface area contributed by atoms with Crippen molar-refractivity contribution in [3.63, 3.8) is 0 Å². The molecule has 0 radical (unpaired) electrons. The lowest BCUT2D eigenvalue weighted by Gasteiger charge is -2.18. The van der Waals surface area contributed by atoms with Crippen LogP contribution in [0.1, 0.15) is 0 Å².